The molecule has 1 amide bonds. The van der Waals surface area contributed by atoms with Crippen molar-refractivity contribution in [3.63, 3.8) is 0 Å². The van der Waals surface area contributed by atoms with Gasteiger partial charge in [-0.2, -0.15) is 0 Å². The Morgan fingerprint density at radius 2 is 1.77 bits per heavy atom. The molecule has 1 aliphatic heterocycles. The number of aliphatic hydroxyl groups is 1. The van der Waals surface area contributed by atoms with Crippen molar-refractivity contribution in [2.24, 2.45) is 5.41 Å². The molecule has 0 bridgehead atoms. The molecule has 26 heavy (non-hydrogen) atoms. The minimum absolute atomic E-state index is 0.0138. The lowest BCUT2D eigenvalue weighted by molar-refractivity contribution is -0.137. The number of pyridine rings is 1. The molecule has 3 rings (SSSR count). The molecule has 1 aromatic heterocycles. The van der Waals surface area contributed by atoms with Crippen molar-refractivity contribution in [2.75, 3.05) is 19.8 Å². The lowest BCUT2D eigenvalue weighted by Gasteiger charge is -2.36. The third-order valence-corrected chi connectivity index (χ3v) is 5.00. The average molecular weight is 354 g/mol. The fraction of sp³-hybridized carbons (Fsp3) is 0.429. The third-order valence-electron chi connectivity index (χ3n) is 5.00. The van der Waals surface area contributed by atoms with Crippen LogP contribution in [0.3, 0.4) is 0 Å². The van der Waals surface area contributed by atoms with E-state index in [1.807, 2.05) is 12.1 Å². The van der Waals surface area contributed by atoms with Crippen molar-refractivity contribution in [3.8, 4) is 11.1 Å². The third kappa shape index (κ3) is 4.48. The van der Waals surface area contributed by atoms with Crippen LogP contribution in [0.2, 0.25) is 0 Å². The zero-order valence-corrected chi connectivity index (χ0v) is 15.1. The van der Waals surface area contributed by atoms with Crippen LogP contribution in [0.5, 0.6) is 0 Å². The molecule has 1 aliphatic rings. The van der Waals surface area contributed by atoms with E-state index in [2.05, 4.69) is 34.6 Å². The largest absolute Gasteiger partial charge is 0.392 e. The van der Waals surface area contributed by atoms with E-state index in [4.69, 9.17) is 4.74 Å². The van der Waals surface area contributed by atoms with Gasteiger partial charge in [0, 0.05) is 32.2 Å². The van der Waals surface area contributed by atoms with E-state index in [-0.39, 0.29) is 12.5 Å². The highest BCUT2D eigenvalue weighted by molar-refractivity contribution is 5.83. The van der Waals surface area contributed by atoms with Crippen molar-refractivity contribution in [1.82, 2.24) is 10.3 Å². The van der Waals surface area contributed by atoms with Crippen molar-refractivity contribution >= 4 is 5.91 Å². The number of amides is 1. The molecule has 2 aromatic rings. The summed E-state index contributed by atoms with van der Waals surface area (Å²) in [4.78, 5) is 16.9. The molecule has 1 saturated heterocycles. The molecule has 5 heteroatoms. The van der Waals surface area contributed by atoms with Crippen LogP contribution in [-0.4, -0.2) is 41.9 Å². The number of aliphatic hydroxyl groups excluding tert-OH is 1. The van der Waals surface area contributed by atoms with Crippen molar-refractivity contribution in [3.05, 3.63) is 54.4 Å². The molecule has 5 nitrogen and oxygen atoms in total. The second-order valence-corrected chi connectivity index (χ2v) is 7.06. The Hall–Kier alpha value is -2.24. The van der Waals surface area contributed by atoms with Crippen LogP contribution < -0.4 is 5.32 Å². The summed E-state index contributed by atoms with van der Waals surface area (Å²) in [5.74, 6) is 0.0138. The summed E-state index contributed by atoms with van der Waals surface area (Å²) in [5.41, 5.74) is 2.93. The van der Waals surface area contributed by atoms with Crippen LogP contribution in [0, 0.1) is 5.41 Å². The Labute approximate surface area is 154 Å². The highest BCUT2D eigenvalue weighted by Crippen LogP contribution is 2.35. The number of carbonyl (C=O) groups excluding carboxylic acids is 1. The van der Waals surface area contributed by atoms with E-state index in [0.717, 1.165) is 16.7 Å². The molecule has 0 spiro atoms. The maximum absolute atomic E-state index is 12.8. The minimum Gasteiger partial charge on any atom is -0.392 e. The Balaban J connectivity index is 1.75. The average Bonchev–Trinajstić information content (AvgIpc) is 2.68. The van der Waals surface area contributed by atoms with Gasteiger partial charge in [-0.1, -0.05) is 24.3 Å². The zero-order valence-electron chi connectivity index (χ0n) is 15.1. The van der Waals surface area contributed by atoms with Gasteiger partial charge in [0.25, 0.3) is 0 Å². The molecule has 2 N–H and O–H groups in total. The molecule has 1 fully saturated rings. The van der Waals surface area contributed by atoms with E-state index < -0.39 is 11.5 Å². The summed E-state index contributed by atoms with van der Waals surface area (Å²) >= 11 is 0. The number of rotatable bonds is 6. The fourth-order valence-corrected chi connectivity index (χ4v) is 3.42. The van der Waals surface area contributed by atoms with Gasteiger partial charge in [-0.15, -0.1) is 0 Å². The molecule has 0 unspecified atom stereocenters. The number of hydrogen-bond donors (Lipinski definition) is 2. The smallest absolute Gasteiger partial charge is 0.226 e. The molecule has 0 saturated carbocycles. The summed E-state index contributed by atoms with van der Waals surface area (Å²) in [6, 6.07) is 12.3. The monoisotopic (exact) mass is 354 g/mol. The van der Waals surface area contributed by atoms with Crippen LogP contribution in [0.25, 0.3) is 11.1 Å². The molecule has 0 aliphatic carbocycles. The first-order valence-electron chi connectivity index (χ1n) is 9.12. The Morgan fingerprint density at radius 3 is 2.38 bits per heavy atom. The Kier molecular flexibility index (Phi) is 6.01. The van der Waals surface area contributed by atoms with E-state index >= 15 is 0 Å². The molecule has 2 heterocycles. The van der Waals surface area contributed by atoms with Gasteiger partial charge in [0.1, 0.15) is 0 Å². The van der Waals surface area contributed by atoms with Gasteiger partial charge in [0.05, 0.1) is 11.5 Å². The van der Waals surface area contributed by atoms with E-state index in [1.54, 1.807) is 19.3 Å². The first-order chi connectivity index (χ1) is 12.6. The van der Waals surface area contributed by atoms with E-state index in [0.29, 0.717) is 32.5 Å². The summed E-state index contributed by atoms with van der Waals surface area (Å²) in [5, 5.41) is 12.4. The first-order valence-corrected chi connectivity index (χ1v) is 9.12. The number of nitrogens with zero attached hydrogens (tertiary/aromatic N) is 1. The number of carbonyl (C=O) groups is 1. The van der Waals surface area contributed by atoms with E-state index in [1.165, 1.54) is 0 Å². The molecular formula is C21H26N2O3. The Morgan fingerprint density at radius 1 is 1.15 bits per heavy atom. The SMILES string of the molecule is C[C@@H](O)CNC(=O)C1(Cc2ccc(-c3ccncc3)cc2)CCOCC1. The molecule has 138 valence electrons. The van der Waals surface area contributed by atoms with Gasteiger partial charge in [-0.25, -0.2) is 0 Å². The van der Waals surface area contributed by atoms with Crippen LogP contribution in [0.15, 0.2) is 48.8 Å². The number of hydrogen-bond acceptors (Lipinski definition) is 4. The Bertz CT molecular complexity index is 708. The molecular weight excluding hydrogens is 328 g/mol. The zero-order chi connectivity index (χ0) is 18.4. The number of nitrogens with one attached hydrogen (secondary N) is 1. The predicted molar refractivity (Wildman–Crippen MR) is 101 cm³/mol. The number of aromatic nitrogens is 1. The van der Waals surface area contributed by atoms with Gasteiger partial charge in [-0.05, 0) is 55.0 Å². The quantitative estimate of drug-likeness (QED) is 0.836. The van der Waals surface area contributed by atoms with Crippen molar-refractivity contribution < 1.29 is 14.6 Å². The predicted octanol–water partition coefficient (Wildman–Crippen LogP) is 2.58. The van der Waals surface area contributed by atoms with E-state index in [9.17, 15) is 9.90 Å². The van der Waals surface area contributed by atoms with Crippen LogP contribution in [0.1, 0.15) is 25.3 Å². The summed E-state index contributed by atoms with van der Waals surface area (Å²) in [6.07, 6.45) is 5.10. The topological polar surface area (TPSA) is 71.5 Å². The number of ether oxygens (including phenoxy) is 1. The molecule has 1 atom stereocenters. The lowest BCUT2D eigenvalue weighted by atomic mass is 9.74. The van der Waals surface area contributed by atoms with Gasteiger partial charge < -0.3 is 15.2 Å². The normalized spacial score (nSPS) is 17.5. The second-order valence-electron chi connectivity index (χ2n) is 7.06. The standard InChI is InChI=1S/C21H26N2O3/c1-16(24)15-23-20(25)21(8-12-26-13-9-21)14-17-2-4-18(5-3-17)19-6-10-22-11-7-19/h2-7,10-11,16,24H,8-9,12-15H2,1H3,(H,23,25)/t16-/m1/s1. The number of benzene rings is 1. The van der Waals surface area contributed by atoms with Crippen molar-refractivity contribution in [1.29, 1.82) is 0 Å². The van der Waals surface area contributed by atoms with Gasteiger partial charge in [0.2, 0.25) is 5.91 Å². The van der Waals surface area contributed by atoms with Gasteiger partial charge in [-0.3, -0.25) is 9.78 Å². The maximum Gasteiger partial charge on any atom is 0.226 e. The molecule has 1 aromatic carbocycles. The van der Waals surface area contributed by atoms with Crippen molar-refractivity contribution in [2.45, 2.75) is 32.3 Å². The first kappa shape index (κ1) is 18.5. The summed E-state index contributed by atoms with van der Waals surface area (Å²) < 4.78 is 5.48. The van der Waals surface area contributed by atoms with Gasteiger partial charge in [0.15, 0.2) is 0 Å². The summed E-state index contributed by atoms with van der Waals surface area (Å²) in [6.45, 7) is 3.14. The highest BCUT2D eigenvalue weighted by Gasteiger charge is 2.40. The second kappa shape index (κ2) is 8.43. The molecule has 0 radical (unpaired) electrons. The lowest BCUT2D eigenvalue weighted by Crippen LogP contribution is -2.47. The minimum atomic E-state index is -0.546. The van der Waals surface area contributed by atoms with Crippen LogP contribution in [-0.2, 0) is 16.0 Å². The van der Waals surface area contributed by atoms with Crippen LogP contribution in [0.4, 0.5) is 0 Å². The summed E-state index contributed by atoms with van der Waals surface area (Å²) in [7, 11) is 0. The highest BCUT2D eigenvalue weighted by atomic mass is 16.5. The van der Waals surface area contributed by atoms with Gasteiger partial charge >= 0.3 is 0 Å². The van der Waals surface area contributed by atoms with Crippen LogP contribution >= 0.6 is 0 Å². The maximum atomic E-state index is 12.8. The fourth-order valence-electron chi connectivity index (χ4n) is 3.42.